The molecule has 0 radical (unpaired) electrons. The maximum absolute atomic E-state index is 13.1. The van der Waals surface area contributed by atoms with Crippen molar-refractivity contribution in [2.75, 3.05) is 39.3 Å². The first-order valence-electron chi connectivity index (χ1n) is 12.6. The van der Waals surface area contributed by atoms with Crippen molar-refractivity contribution in [2.45, 2.75) is 32.7 Å². The first kappa shape index (κ1) is 25.6. The Bertz CT molecular complexity index is 1240. The van der Waals surface area contributed by atoms with Gasteiger partial charge >= 0.3 is 0 Å². The summed E-state index contributed by atoms with van der Waals surface area (Å²) in [6.45, 7) is 8.55. The molecule has 1 atom stereocenters. The summed E-state index contributed by atoms with van der Waals surface area (Å²) >= 11 is 0. The van der Waals surface area contributed by atoms with E-state index in [2.05, 4.69) is 17.9 Å². The molecule has 8 heteroatoms. The van der Waals surface area contributed by atoms with Gasteiger partial charge in [0.05, 0.1) is 11.5 Å². The van der Waals surface area contributed by atoms with Gasteiger partial charge in [-0.3, -0.25) is 19.8 Å². The standard InChI is InChI=1S/C28H34N4O4/c1-3-24-25(6-5-7-27(24)36-4-2)26(29)12-13-30-14-16-31(17-15-30)28(33)22-9-8-21-19-23(32(34)35)11-10-20(21)18-22/h5-11,18-19,26H,3-4,12-17,29H2,1-2H3. The van der Waals surface area contributed by atoms with E-state index >= 15 is 0 Å². The van der Waals surface area contributed by atoms with E-state index in [0.29, 0.717) is 25.3 Å². The van der Waals surface area contributed by atoms with Gasteiger partial charge in [-0.25, -0.2) is 0 Å². The Morgan fingerprint density at radius 1 is 1.06 bits per heavy atom. The van der Waals surface area contributed by atoms with Gasteiger partial charge in [0.25, 0.3) is 11.6 Å². The number of hydrogen-bond donors (Lipinski definition) is 1. The molecule has 3 aromatic rings. The first-order valence-corrected chi connectivity index (χ1v) is 12.6. The molecule has 36 heavy (non-hydrogen) atoms. The van der Waals surface area contributed by atoms with Crippen LogP contribution in [0.3, 0.4) is 0 Å². The molecule has 190 valence electrons. The van der Waals surface area contributed by atoms with Crippen LogP contribution in [-0.4, -0.2) is 60.0 Å². The number of nitrogens with two attached hydrogens (primary N) is 1. The van der Waals surface area contributed by atoms with Crippen molar-refractivity contribution in [3.05, 3.63) is 81.4 Å². The molecule has 1 fully saturated rings. The van der Waals surface area contributed by atoms with E-state index in [9.17, 15) is 14.9 Å². The topological polar surface area (TPSA) is 102 Å². The maximum atomic E-state index is 13.1. The fourth-order valence-corrected chi connectivity index (χ4v) is 4.91. The lowest BCUT2D eigenvalue weighted by Gasteiger charge is -2.35. The number of carbonyl (C=O) groups is 1. The van der Waals surface area contributed by atoms with E-state index in [1.807, 2.05) is 30.0 Å². The highest BCUT2D eigenvalue weighted by Crippen LogP contribution is 2.28. The van der Waals surface area contributed by atoms with Gasteiger partial charge < -0.3 is 15.4 Å². The van der Waals surface area contributed by atoms with Crippen LogP contribution in [0, 0.1) is 10.1 Å². The van der Waals surface area contributed by atoms with Crippen molar-refractivity contribution < 1.29 is 14.5 Å². The average molecular weight is 491 g/mol. The normalized spacial score (nSPS) is 15.1. The number of benzene rings is 3. The highest BCUT2D eigenvalue weighted by atomic mass is 16.6. The van der Waals surface area contributed by atoms with Gasteiger partial charge in [0, 0.05) is 56.5 Å². The third-order valence-electron chi connectivity index (χ3n) is 6.92. The second kappa shape index (κ2) is 11.5. The molecule has 1 aliphatic heterocycles. The lowest BCUT2D eigenvalue weighted by atomic mass is 9.96. The fraction of sp³-hybridized carbons (Fsp3) is 0.393. The van der Waals surface area contributed by atoms with Crippen LogP contribution in [0.2, 0.25) is 0 Å². The van der Waals surface area contributed by atoms with Crippen LogP contribution < -0.4 is 10.5 Å². The van der Waals surface area contributed by atoms with Crippen molar-refractivity contribution in [3.63, 3.8) is 0 Å². The van der Waals surface area contributed by atoms with Crippen molar-refractivity contribution in [3.8, 4) is 5.75 Å². The summed E-state index contributed by atoms with van der Waals surface area (Å²) in [5, 5.41) is 12.6. The summed E-state index contributed by atoms with van der Waals surface area (Å²) in [5.74, 6) is 0.916. The van der Waals surface area contributed by atoms with E-state index in [0.717, 1.165) is 54.6 Å². The summed E-state index contributed by atoms with van der Waals surface area (Å²) < 4.78 is 5.79. The van der Waals surface area contributed by atoms with Gasteiger partial charge in [-0.1, -0.05) is 25.1 Å². The molecule has 0 spiro atoms. The van der Waals surface area contributed by atoms with Gasteiger partial charge in [0.15, 0.2) is 0 Å². The molecule has 3 aromatic carbocycles. The number of rotatable bonds is 9. The Kier molecular flexibility index (Phi) is 8.18. The highest BCUT2D eigenvalue weighted by Gasteiger charge is 2.23. The number of fused-ring (bicyclic) bond motifs is 1. The zero-order valence-corrected chi connectivity index (χ0v) is 21.0. The number of ether oxygens (including phenoxy) is 1. The Balaban J connectivity index is 1.32. The third-order valence-corrected chi connectivity index (χ3v) is 6.92. The predicted molar refractivity (Wildman–Crippen MR) is 141 cm³/mol. The molecular weight excluding hydrogens is 456 g/mol. The van der Waals surface area contributed by atoms with Crippen LogP contribution in [0.4, 0.5) is 5.69 Å². The molecule has 1 aliphatic rings. The van der Waals surface area contributed by atoms with Crippen LogP contribution in [-0.2, 0) is 6.42 Å². The molecule has 0 aliphatic carbocycles. The largest absolute Gasteiger partial charge is 0.494 e. The molecule has 0 bridgehead atoms. The van der Waals surface area contributed by atoms with Crippen molar-refractivity contribution in [1.82, 2.24) is 9.80 Å². The monoisotopic (exact) mass is 490 g/mol. The minimum atomic E-state index is -0.411. The quantitative estimate of drug-likeness (QED) is 0.349. The van der Waals surface area contributed by atoms with Gasteiger partial charge in [0.2, 0.25) is 0 Å². The number of hydrogen-bond acceptors (Lipinski definition) is 6. The minimum Gasteiger partial charge on any atom is -0.494 e. The lowest BCUT2D eigenvalue weighted by molar-refractivity contribution is -0.384. The Morgan fingerprint density at radius 3 is 2.47 bits per heavy atom. The molecule has 1 heterocycles. The van der Waals surface area contributed by atoms with E-state index in [1.165, 1.54) is 17.7 Å². The number of amides is 1. The molecule has 0 aromatic heterocycles. The fourth-order valence-electron chi connectivity index (χ4n) is 4.91. The number of carbonyl (C=O) groups excluding carboxylic acids is 1. The Labute approximate surface area is 211 Å². The SMILES string of the molecule is CCOc1cccc(C(N)CCN2CCN(C(=O)c3ccc4cc([N+](=O)[O-])ccc4c3)CC2)c1CC. The number of piperazine rings is 1. The van der Waals surface area contributed by atoms with Gasteiger partial charge in [-0.05, 0) is 65.9 Å². The second-order valence-electron chi connectivity index (χ2n) is 9.14. The van der Waals surface area contributed by atoms with Gasteiger partial charge in [-0.2, -0.15) is 0 Å². The molecule has 4 rings (SSSR count). The van der Waals surface area contributed by atoms with Crippen LogP contribution in [0.1, 0.15) is 47.8 Å². The van der Waals surface area contributed by atoms with Gasteiger partial charge in [-0.15, -0.1) is 0 Å². The Hall–Kier alpha value is -3.49. The van der Waals surface area contributed by atoms with Crippen LogP contribution in [0.15, 0.2) is 54.6 Å². The van der Waals surface area contributed by atoms with Gasteiger partial charge in [0.1, 0.15) is 5.75 Å². The number of non-ortho nitro benzene ring substituents is 1. The van der Waals surface area contributed by atoms with E-state index in [1.54, 1.807) is 18.2 Å². The van der Waals surface area contributed by atoms with E-state index in [4.69, 9.17) is 10.5 Å². The number of nitrogens with zero attached hydrogens (tertiary/aromatic N) is 3. The predicted octanol–water partition coefficient (Wildman–Crippen LogP) is 4.56. The van der Waals surface area contributed by atoms with Crippen molar-refractivity contribution in [2.24, 2.45) is 5.73 Å². The molecule has 1 amide bonds. The summed E-state index contributed by atoms with van der Waals surface area (Å²) in [6, 6.07) is 16.1. The van der Waals surface area contributed by atoms with Crippen LogP contribution >= 0.6 is 0 Å². The first-order chi connectivity index (χ1) is 17.4. The molecule has 2 N–H and O–H groups in total. The zero-order chi connectivity index (χ0) is 25.7. The van der Waals surface area contributed by atoms with Crippen molar-refractivity contribution in [1.29, 1.82) is 0 Å². The number of nitro groups is 1. The molecule has 8 nitrogen and oxygen atoms in total. The summed E-state index contributed by atoms with van der Waals surface area (Å²) in [4.78, 5) is 27.9. The molecule has 1 unspecified atom stereocenters. The van der Waals surface area contributed by atoms with Crippen LogP contribution in [0.25, 0.3) is 10.8 Å². The molecule has 0 saturated carbocycles. The lowest BCUT2D eigenvalue weighted by Crippen LogP contribution is -2.49. The zero-order valence-electron chi connectivity index (χ0n) is 21.0. The summed E-state index contributed by atoms with van der Waals surface area (Å²) in [7, 11) is 0. The summed E-state index contributed by atoms with van der Waals surface area (Å²) in [6.07, 6.45) is 1.72. The molecular formula is C28H34N4O4. The van der Waals surface area contributed by atoms with E-state index in [-0.39, 0.29) is 17.6 Å². The smallest absolute Gasteiger partial charge is 0.270 e. The summed E-state index contributed by atoms with van der Waals surface area (Å²) in [5.41, 5.74) is 9.58. The molecule has 1 saturated heterocycles. The third kappa shape index (κ3) is 5.66. The minimum absolute atomic E-state index is 0.00747. The van der Waals surface area contributed by atoms with Crippen LogP contribution in [0.5, 0.6) is 5.75 Å². The van der Waals surface area contributed by atoms with Crippen molar-refractivity contribution >= 4 is 22.4 Å². The maximum Gasteiger partial charge on any atom is 0.270 e. The Morgan fingerprint density at radius 2 is 1.78 bits per heavy atom. The second-order valence-corrected chi connectivity index (χ2v) is 9.14. The van der Waals surface area contributed by atoms with E-state index < -0.39 is 4.92 Å². The number of nitro benzene ring substituents is 1. The average Bonchev–Trinajstić information content (AvgIpc) is 2.91. The highest BCUT2D eigenvalue weighted by molar-refractivity contribution is 5.99.